The molecule has 0 aliphatic heterocycles. The number of benzene rings is 1. The molecule has 0 bridgehead atoms. The quantitative estimate of drug-likeness (QED) is 0.727. The highest BCUT2D eigenvalue weighted by atomic mass is 35.5. The van der Waals surface area contributed by atoms with E-state index < -0.39 is 12.9 Å². The molecule has 2 rings (SSSR count). The Morgan fingerprint density at radius 3 is 2.64 bits per heavy atom. The van der Waals surface area contributed by atoms with Crippen molar-refractivity contribution in [3.63, 3.8) is 0 Å². The molecule has 0 fully saturated rings. The summed E-state index contributed by atoms with van der Waals surface area (Å²) in [6.07, 6.45) is 0. The van der Waals surface area contributed by atoms with E-state index in [4.69, 9.17) is 21.6 Å². The number of rotatable bonds is 1. The topological polar surface area (TPSA) is 40.5 Å². The molecule has 2 aromatic rings. The molecule has 2 nitrogen and oxygen atoms in total. The molecule has 6 heteroatoms. The Morgan fingerprint density at radius 1 is 1.36 bits per heavy atom. The highest BCUT2D eigenvalue weighted by molar-refractivity contribution is 7.28. The predicted octanol–water partition coefficient (Wildman–Crippen LogP) is 1.37. The van der Waals surface area contributed by atoms with Crippen molar-refractivity contribution in [2.24, 2.45) is 0 Å². The molecule has 1 aromatic carbocycles. The van der Waals surface area contributed by atoms with E-state index in [1.807, 2.05) is 0 Å². The molecule has 1 heterocycles. The second kappa shape index (κ2) is 3.51. The van der Waals surface area contributed by atoms with Gasteiger partial charge in [0.1, 0.15) is 5.82 Å². The first-order chi connectivity index (χ1) is 6.59. The van der Waals surface area contributed by atoms with Crippen LogP contribution in [0.5, 0.6) is 0 Å². The van der Waals surface area contributed by atoms with Crippen LogP contribution in [0.15, 0.2) is 18.2 Å². The van der Waals surface area contributed by atoms with Crippen molar-refractivity contribution in [3.8, 4) is 0 Å². The Morgan fingerprint density at radius 2 is 2.07 bits per heavy atom. The minimum atomic E-state index is -1.58. The molecule has 0 saturated carbocycles. The van der Waals surface area contributed by atoms with Gasteiger partial charge in [-0.25, -0.2) is 4.39 Å². The van der Waals surface area contributed by atoms with Gasteiger partial charge in [-0.3, -0.25) is 0 Å². The molecule has 0 amide bonds. The average molecular weight is 230 g/mol. The van der Waals surface area contributed by atoms with Crippen LogP contribution in [-0.2, 0) is 0 Å². The van der Waals surface area contributed by atoms with E-state index in [0.29, 0.717) is 15.1 Å². The zero-order valence-electron chi connectivity index (χ0n) is 6.87. The fraction of sp³-hybridized carbons (Fsp3) is 0. The molecule has 0 radical (unpaired) electrons. The highest BCUT2D eigenvalue weighted by Gasteiger charge is 2.17. The summed E-state index contributed by atoms with van der Waals surface area (Å²) in [6.45, 7) is 0. The van der Waals surface area contributed by atoms with Gasteiger partial charge in [0.15, 0.2) is 0 Å². The Kier molecular flexibility index (Phi) is 2.49. The largest absolute Gasteiger partial charge is 0.499 e. The van der Waals surface area contributed by atoms with E-state index in [-0.39, 0.29) is 4.78 Å². The smallest absolute Gasteiger partial charge is 0.423 e. The first kappa shape index (κ1) is 9.92. The van der Waals surface area contributed by atoms with Gasteiger partial charge in [-0.2, -0.15) is 0 Å². The normalized spacial score (nSPS) is 10.9. The first-order valence-electron chi connectivity index (χ1n) is 3.83. The summed E-state index contributed by atoms with van der Waals surface area (Å²) in [5, 5.41) is 18.6. The lowest BCUT2D eigenvalue weighted by Crippen LogP contribution is -2.26. The molecule has 0 aliphatic carbocycles. The van der Waals surface area contributed by atoms with Crippen LogP contribution in [0.1, 0.15) is 0 Å². The summed E-state index contributed by atoms with van der Waals surface area (Å²) in [7, 11) is -1.58. The van der Waals surface area contributed by atoms with Gasteiger partial charge in [0.25, 0.3) is 0 Å². The molecular weight excluding hydrogens is 225 g/mol. The van der Waals surface area contributed by atoms with Crippen LogP contribution in [0, 0.1) is 5.82 Å². The standard InChI is InChI=1S/C8H5BClFO2S/c10-5-1-2-6(11)4-3-7(9(12)13)14-8(4)5/h1-3,12-13H. The van der Waals surface area contributed by atoms with Gasteiger partial charge in [0, 0.05) is 10.2 Å². The SMILES string of the molecule is OB(O)c1cc2c(F)ccc(Cl)c2s1. The zero-order chi connectivity index (χ0) is 10.3. The van der Waals surface area contributed by atoms with Crippen molar-refractivity contribution in [2.45, 2.75) is 0 Å². The molecule has 1 aromatic heterocycles. The van der Waals surface area contributed by atoms with Crippen molar-refractivity contribution >= 4 is 44.9 Å². The molecule has 14 heavy (non-hydrogen) atoms. The summed E-state index contributed by atoms with van der Waals surface area (Å²) in [6, 6.07) is 4.10. The molecule has 2 N–H and O–H groups in total. The third-order valence-corrected chi connectivity index (χ3v) is 3.49. The minimum absolute atomic E-state index is 0.284. The second-order valence-electron chi connectivity index (χ2n) is 2.79. The summed E-state index contributed by atoms with van der Waals surface area (Å²) >= 11 is 6.90. The molecule has 0 saturated heterocycles. The average Bonchev–Trinajstić information content (AvgIpc) is 2.57. The minimum Gasteiger partial charge on any atom is -0.423 e. The maximum atomic E-state index is 13.2. The van der Waals surface area contributed by atoms with Crippen LogP contribution < -0.4 is 4.78 Å². The Balaban J connectivity index is 2.75. The van der Waals surface area contributed by atoms with Gasteiger partial charge in [-0.1, -0.05) is 11.6 Å². The molecular formula is C8H5BClFO2S. The van der Waals surface area contributed by atoms with E-state index in [0.717, 1.165) is 11.3 Å². The lowest BCUT2D eigenvalue weighted by molar-refractivity contribution is 0.427. The molecule has 72 valence electrons. The van der Waals surface area contributed by atoms with Gasteiger partial charge in [-0.15, -0.1) is 11.3 Å². The summed E-state index contributed by atoms with van der Waals surface area (Å²) < 4.78 is 14.0. The van der Waals surface area contributed by atoms with Gasteiger partial charge in [0.2, 0.25) is 0 Å². The number of fused-ring (bicyclic) bond motifs is 1. The molecule has 0 aliphatic rings. The van der Waals surface area contributed by atoms with Gasteiger partial charge in [-0.05, 0) is 18.2 Å². The van der Waals surface area contributed by atoms with Crippen molar-refractivity contribution in [2.75, 3.05) is 0 Å². The third-order valence-electron chi connectivity index (χ3n) is 1.86. The van der Waals surface area contributed by atoms with Crippen molar-refractivity contribution < 1.29 is 14.4 Å². The number of halogens is 2. The van der Waals surface area contributed by atoms with Crippen LogP contribution in [0.25, 0.3) is 10.1 Å². The summed E-state index contributed by atoms with van der Waals surface area (Å²) in [5.41, 5.74) is 0. The first-order valence-corrected chi connectivity index (χ1v) is 5.02. The van der Waals surface area contributed by atoms with Crippen molar-refractivity contribution in [1.29, 1.82) is 0 Å². The Labute approximate surface area is 88.7 Å². The molecule has 0 atom stereocenters. The van der Waals surface area contributed by atoms with Gasteiger partial charge >= 0.3 is 7.12 Å². The number of hydrogen-bond acceptors (Lipinski definition) is 3. The molecule has 0 spiro atoms. The zero-order valence-corrected chi connectivity index (χ0v) is 8.44. The van der Waals surface area contributed by atoms with Gasteiger partial charge in [0.05, 0.1) is 9.72 Å². The fourth-order valence-electron chi connectivity index (χ4n) is 1.20. The van der Waals surface area contributed by atoms with Crippen LogP contribution in [-0.4, -0.2) is 17.2 Å². The van der Waals surface area contributed by atoms with E-state index >= 15 is 0 Å². The maximum Gasteiger partial charge on any atom is 0.499 e. The maximum absolute atomic E-state index is 13.2. The highest BCUT2D eigenvalue weighted by Crippen LogP contribution is 2.29. The van der Waals surface area contributed by atoms with Crippen LogP contribution in [0.4, 0.5) is 4.39 Å². The second-order valence-corrected chi connectivity index (χ2v) is 4.29. The lowest BCUT2D eigenvalue weighted by Gasteiger charge is -1.93. The van der Waals surface area contributed by atoms with Crippen LogP contribution >= 0.6 is 22.9 Å². The Bertz CT molecular complexity index is 446. The van der Waals surface area contributed by atoms with Gasteiger partial charge < -0.3 is 10.0 Å². The van der Waals surface area contributed by atoms with E-state index in [2.05, 4.69) is 0 Å². The van der Waals surface area contributed by atoms with E-state index in [9.17, 15) is 4.39 Å². The lowest BCUT2D eigenvalue weighted by atomic mass is 9.89. The number of hydrogen-bond donors (Lipinski definition) is 2. The van der Waals surface area contributed by atoms with E-state index in [1.165, 1.54) is 18.2 Å². The molecule has 0 unspecified atom stereocenters. The van der Waals surface area contributed by atoms with Crippen LogP contribution in [0.2, 0.25) is 5.02 Å². The van der Waals surface area contributed by atoms with Crippen molar-refractivity contribution in [3.05, 3.63) is 29.0 Å². The Hall–Kier alpha value is -0.615. The predicted molar refractivity (Wildman–Crippen MR) is 56.6 cm³/mol. The third kappa shape index (κ3) is 1.52. The fourth-order valence-corrected chi connectivity index (χ4v) is 2.43. The summed E-state index contributed by atoms with van der Waals surface area (Å²) in [4.78, 5) is 0. The van der Waals surface area contributed by atoms with Crippen molar-refractivity contribution in [1.82, 2.24) is 0 Å². The van der Waals surface area contributed by atoms with Crippen LogP contribution in [0.3, 0.4) is 0 Å². The van der Waals surface area contributed by atoms with E-state index in [1.54, 1.807) is 0 Å². The monoisotopic (exact) mass is 230 g/mol. The number of thiophene rings is 1. The summed E-state index contributed by atoms with van der Waals surface area (Å²) in [5.74, 6) is -0.410.